The molecule has 0 aliphatic carbocycles. The van der Waals surface area contributed by atoms with Crippen LogP contribution in [0, 0.1) is 0 Å². The fourth-order valence-corrected chi connectivity index (χ4v) is 10.4. The van der Waals surface area contributed by atoms with E-state index in [1.807, 2.05) is 0 Å². The molecule has 0 atom stereocenters. The van der Waals surface area contributed by atoms with Crippen LogP contribution in [0.25, 0.3) is 131 Å². The zero-order chi connectivity index (χ0) is 37.9. The second kappa shape index (κ2) is 12.0. The molecule has 0 amide bonds. The normalized spacial score (nSPS) is 12.1. The van der Waals surface area contributed by atoms with Gasteiger partial charge in [-0.1, -0.05) is 188 Å². The molecule has 0 fully saturated rings. The summed E-state index contributed by atoms with van der Waals surface area (Å²) >= 11 is 0. The van der Waals surface area contributed by atoms with Gasteiger partial charge in [0.1, 0.15) is 0 Å². The minimum absolute atomic E-state index is 1.21. The summed E-state index contributed by atoms with van der Waals surface area (Å²) in [6.07, 6.45) is 0. The molecule has 0 heteroatoms. The third kappa shape index (κ3) is 4.46. The average Bonchev–Trinajstić information content (AvgIpc) is 3.29. The van der Waals surface area contributed by atoms with Gasteiger partial charge >= 0.3 is 0 Å². The summed E-state index contributed by atoms with van der Waals surface area (Å²) in [5.41, 5.74) is 9.95. The lowest BCUT2D eigenvalue weighted by Crippen LogP contribution is -1.96. The Balaban J connectivity index is 1.19. The van der Waals surface area contributed by atoms with Crippen LogP contribution in [0.2, 0.25) is 0 Å². The maximum atomic E-state index is 2.49. The van der Waals surface area contributed by atoms with Gasteiger partial charge in [0.05, 0.1) is 0 Å². The largest absolute Gasteiger partial charge is 0.0622 e. The molecular weight excluding hydrogens is 697 g/mol. The summed E-state index contributed by atoms with van der Waals surface area (Å²) in [6, 6.07) is 77.5. The molecule has 13 aromatic carbocycles. The van der Waals surface area contributed by atoms with Gasteiger partial charge in [-0.2, -0.15) is 0 Å². The maximum absolute atomic E-state index is 2.49. The van der Waals surface area contributed by atoms with Gasteiger partial charge in [-0.25, -0.2) is 0 Å². The fourth-order valence-electron chi connectivity index (χ4n) is 10.4. The van der Waals surface area contributed by atoms with Crippen molar-refractivity contribution in [2.75, 3.05) is 0 Å². The van der Waals surface area contributed by atoms with Crippen molar-refractivity contribution in [3.63, 3.8) is 0 Å². The topological polar surface area (TPSA) is 0 Å². The van der Waals surface area contributed by atoms with E-state index in [1.165, 1.54) is 131 Å². The molecule has 13 rings (SSSR count). The van der Waals surface area contributed by atoms with Crippen molar-refractivity contribution in [1.82, 2.24) is 0 Å². The highest BCUT2D eigenvalue weighted by Gasteiger charge is 2.23. The standard InChI is InChI=1S/C58H34/c1-2-10-35(11-3-1)51-33-43-13-5-7-19-46(43)57(58(51)50-31-27-41-23-21-37-15-9-17-39-26-30-49(50)56(41)54(37)39)44-32-42-12-4-6-18-45(42)52(34-44)47-28-24-40-22-20-36-14-8-16-38-25-29-48(47)55(40)53(36)38/h1-34H. The predicted molar refractivity (Wildman–Crippen MR) is 251 cm³/mol. The lowest BCUT2D eigenvalue weighted by molar-refractivity contribution is 1.61. The first kappa shape index (κ1) is 31.6. The van der Waals surface area contributed by atoms with Gasteiger partial charge in [0.2, 0.25) is 0 Å². The van der Waals surface area contributed by atoms with Crippen LogP contribution in [-0.4, -0.2) is 0 Å². The maximum Gasteiger partial charge on any atom is -0.00141 e. The van der Waals surface area contributed by atoms with Crippen LogP contribution >= 0.6 is 0 Å². The van der Waals surface area contributed by atoms with Crippen molar-refractivity contribution in [1.29, 1.82) is 0 Å². The highest BCUT2D eigenvalue weighted by molar-refractivity contribution is 6.28. The molecule has 0 aliphatic rings. The number of hydrogen-bond acceptors (Lipinski definition) is 0. The molecule has 13 aromatic rings. The Morgan fingerprint density at radius 1 is 0.190 bits per heavy atom. The molecule has 0 N–H and O–H groups in total. The van der Waals surface area contributed by atoms with E-state index in [4.69, 9.17) is 0 Å². The summed E-state index contributed by atoms with van der Waals surface area (Å²) in [7, 11) is 0. The van der Waals surface area contributed by atoms with Gasteiger partial charge < -0.3 is 0 Å². The third-order valence-electron chi connectivity index (χ3n) is 12.9. The van der Waals surface area contributed by atoms with Crippen LogP contribution in [0.3, 0.4) is 0 Å². The van der Waals surface area contributed by atoms with Crippen LogP contribution in [0.15, 0.2) is 206 Å². The minimum Gasteiger partial charge on any atom is -0.0622 e. The first-order valence-electron chi connectivity index (χ1n) is 20.2. The van der Waals surface area contributed by atoms with E-state index >= 15 is 0 Å². The Bertz CT molecular complexity index is 3740. The third-order valence-corrected chi connectivity index (χ3v) is 12.9. The molecule has 266 valence electrons. The monoisotopic (exact) mass is 730 g/mol. The lowest BCUT2D eigenvalue weighted by Gasteiger charge is -2.23. The minimum atomic E-state index is 1.21. The van der Waals surface area contributed by atoms with Crippen LogP contribution < -0.4 is 0 Å². The summed E-state index contributed by atoms with van der Waals surface area (Å²) in [4.78, 5) is 0. The Morgan fingerprint density at radius 2 is 0.655 bits per heavy atom. The second-order valence-electron chi connectivity index (χ2n) is 15.9. The average molecular weight is 731 g/mol. The van der Waals surface area contributed by atoms with Gasteiger partial charge in [0.15, 0.2) is 0 Å². The fraction of sp³-hybridized carbons (Fsp3) is 0. The summed E-state index contributed by atoms with van der Waals surface area (Å²) in [5.74, 6) is 0. The van der Waals surface area contributed by atoms with Crippen molar-refractivity contribution in [3.05, 3.63) is 206 Å². The van der Waals surface area contributed by atoms with Gasteiger partial charge in [-0.3, -0.25) is 0 Å². The molecule has 0 heterocycles. The van der Waals surface area contributed by atoms with Crippen molar-refractivity contribution in [2.24, 2.45) is 0 Å². The summed E-state index contributed by atoms with van der Waals surface area (Å²) in [5, 5.41) is 20.6. The van der Waals surface area contributed by atoms with Crippen LogP contribution in [0.1, 0.15) is 0 Å². The van der Waals surface area contributed by atoms with Gasteiger partial charge in [0.25, 0.3) is 0 Å². The highest BCUT2D eigenvalue weighted by Crippen LogP contribution is 2.50. The number of benzene rings is 13. The Kier molecular flexibility index (Phi) is 6.54. The smallest absolute Gasteiger partial charge is 0.00141 e. The zero-order valence-corrected chi connectivity index (χ0v) is 31.6. The Morgan fingerprint density at radius 3 is 1.29 bits per heavy atom. The highest BCUT2D eigenvalue weighted by atomic mass is 14.3. The van der Waals surface area contributed by atoms with Crippen LogP contribution in [0.5, 0.6) is 0 Å². The molecule has 58 heavy (non-hydrogen) atoms. The molecule has 0 nitrogen and oxygen atoms in total. The number of hydrogen-bond donors (Lipinski definition) is 0. The molecule has 0 bridgehead atoms. The van der Waals surface area contributed by atoms with Crippen molar-refractivity contribution in [2.45, 2.75) is 0 Å². The molecule has 0 radical (unpaired) electrons. The van der Waals surface area contributed by atoms with Crippen LogP contribution in [-0.2, 0) is 0 Å². The van der Waals surface area contributed by atoms with E-state index in [-0.39, 0.29) is 0 Å². The van der Waals surface area contributed by atoms with Gasteiger partial charge in [-0.15, -0.1) is 0 Å². The lowest BCUT2D eigenvalue weighted by atomic mass is 9.80. The number of rotatable bonds is 4. The van der Waals surface area contributed by atoms with Crippen LogP contribution in [0.4, 0.5) is 0 Å². The Hall–Kier alpha value is -7.54. The first-order valence-corrected chi connectivity index (χ1v) is 20.2. The predicted octanol–water partition coefficient (Wildman–Crippen LogP) is 16.5. The molecule has 0 aromatic heterocycles. The van der Waals surface area contributed by atoms with E-state index in [0.717, 1.165) is 0 Å². The van der Waals surface area contributed by atoms with Crippen molar-refractivity contribution in [3.8, 4) is 44.5 Å². The van der Waals surface area contributed by atoms with Gasteiger partial charge in [0, 0.05) is 0 Å². The molecule has 0 unspecified atom stereocenters. The zero-order valence-electron chi connectivity index (χ0n) is 31.6. The molecule has 0 saturated carbocycles. The van der Waals surface area contributed by atoms with Crippen molar-refractivity contribution >= 4 is 86.2 Å². The first-order chi connectivity index (χ1) is 28.8. The summed E-state index contributed by atoms with van der Waals surface area (Å²) in [6.45, 7) is 0. The molecule has 0 saturated heterocycles. The second-order valence-corrected chi connectivity index (χ2v) is 15.9. The molecule has 0 spiro atoms. The Labute approximate surface area is 335 Å². The quantitative estimate of drug-likeness (QED) is 0.158. The SMILES string of the molecule is c1ccc(-c2cc3ccccc3c(-c3cc(-c4ccc5ccc6cccc7ccc4c5c67)c4ccccc4c3)c2-c2ccc3ccc4cccc5ccc2c3c45)cc1. The van der Waals surface area contributed by atoms with E-state index in [2.05, 4.69) is 206 Å². The van der Waals surface area contributed by atoms with Gasteiger partial charge in [-0.05, 0) is 149 Å². The molecular formula is C58H34. The number of fused-ring (bicyclic) bond motifs is 2. The van der Waals surface area contributed by atoms with E-state index in [9.17, 15) is 0 Å². The summed E-state index contributed by atoms with van der Waals surface area (Å²) < 4.78 is 0. The van der Waals surface area contributed by atoms with E-state index in [1.54, 1.807) is 0 Å². The molecule has 0 aliphatic heterocycles. The van der Waals surface area contributed by atoms with E-state index in [0.29, 0.717) is 0 Å². The van der Waals surface area contributed by atoms with E-state index < -0.39 is 0 Å². The van der Waals surface area contributed by atoms with Crippen molar-refractivity contribution < 1.29 is 0 Å².